The number of aryl methyl sites for hydroxylation is 1. The van der Waals surface area contributed by atoms with Crippen LogP contribution in [0.15, 0.2) is 29.0 Å². The van der Waals surface area contributed by atoms with E-state index >= 15 is 0 Å². The fourth-order valence-electron chi connectivity index (χ4n) is 2.22. The van der Waals surface area contributed by atoms with Gasteiger partial charge in [-0.2, -0.15) is 0 Å². The number of halogens is 1. The number of rotatable bonds is 1. The van der Waals surface area contributed by atoms with E-state index < -0.39 is 0 Å². The number of aromatic nitrogens is 3. The van der Waals surface area contributed by atoms with Crippen LogP contribution in [-0.2, 0) is 6.42 Å². The standard InChI is InChI=1S/C14H12BrN3O/c15-10-4-3-7-16-13(10)14-17-8-9-11(18-14)5-1-2-6-12(9)19/h3-4,7-8H,1-2,5-6H2. The molecule has 0 saturated carbocycles. The first kappa shape index (κ1) is 12.4. The highest BCUT2D eigenvalue weighted by Crippen LogP contribution is 2.25. The number of fused-ring (bicyclic) bond motifs is 1. The van der Waals surface area contributed by atoms with Crippen molar-refractivity contribution < 1.29 is 4.79 Å². The summed E-state index contributed by atoms with van der Waals surface area (Å²) in [5, 5.41) is 0. The molecule has 0 amide bonds. The van der Waals surface area contributed by atoms with Gasteiger partial charge >= 0.3 is 0 Å². The van der Waals surface area contributed by atoms with E-state index in [9.17, 15) is 4.79 Å². The van der Waals surface area contributed by atoms with Crippen LogP contribution in [0.25, 0.3) is 11.5 Å². The van der Waals surface area contributed by atoms with Gasteiger partial charge in [-0.25, -0.2) is 9.97 Å². The predicted octanol–water partition coefficient (Wildman–Crippen LogP) is 3.21. The minimum absolute atomic E-state index is 0.152. The molecule has 1 aliphatic rings. The molecule has 5 heteroatoms. The molecule has 4 nitrogen and oxygen atoms in total. The number of hydrogen-bond donors (Lipinski definition) is 0. The molecule has 3 rings (SSSR count). The van der Waals surface area contributed by atoms with E-state index in [4.69, 9.17) is 0 Å². The van der Waals surface area contributed by atoms with Crippen molar-refractivity contribution in [3.05, 3.63) is 40.3 Å². The molecule has 0 aliphatic heterocycles. The monoisotopic (exact) mass is 317 g/mol. The summed E-state index contributed by atoms with van der Waals surface area (Å²) in [5.74, 6) is 0.722. The molecule has 2 aromatic heterocycles. The van der Waals surface area contributed by atoms with E-state index in [-0.39, 0.29) is 5.78 Å². The Morgan fingerprint density at radius 3 is 2.84 bits per heavy atom. The molecule has 0 saturated heterocycles. The van der Waals surface area contributed by atoms with E-state index in [2.05, 4.69) is 30.9 Å². The highest BCUT2D eigenvalue weighted by atomic mass is 79.9. The Balaban J connectivity index is 2.09. The fraction of sp³-hybridized carbons (Fsp3) is 0.286. The predicted molar refractivity (Wildman–Crippen MR) is 74.8 cm³/mol. The first-order chi connectivity index (χ1) is 9.25. The summed E-state index contributed by atoms with van der Waals surface area (Å²) in [4.78, 5) is 25.0. The van der Waals surface area contributed by atoms with Crippen molar-refractivity contribution in [3.63, 3.8) is 0 Å². The van der Waals surface area contributed by atoms with Gasteiger partial charge in [0, 0.05) is 23.3 Å². The van der Waals surface area contributed by atoms with Gasteiger partial charge in [-0.1, -0.05) is 0 Å². The number of ketones is 1. The summed E-state index contributed by atoms with van der Waals surface area (Å²) in [5.41, 5.74) is 2.24. The Hall–Kier alpha value is -1.62. The van der Waals surface area contributed by atoms with Crippen molar-refractivity contribution in [1.29, 1.82) is 0 Å². The van der Waals surface area contributed by atoms with Crippen molar-refractivity contribution in [2.75, 3.05) is 0 Å². The highest BCUT2D eigenvalue weighted by molar-refractivity contribution is 9.10. The highest BCUT2D eigenvalue weighted by Gasteiger charge is 2.19. The van der Waals surface area contributed by atoms with E-state index in [1.54, 1.807) is 12.4 Å². The van der Waals surface area contributed by atoms with Crippen molar-refractivity contribution >= 4 is 21.7 Å². The SMILES string of the molecule is O=C1CCCCc2nc(-c3ncccc3Br)ncc21. The van der Waals surface area contributed by atoms with Crippen LogP contribution in [0, 0.1) is 0 Å². The van der Waals surface area contributed by atoms with Crippen LogP contribution in [-0.4, -0.2) is 20.7 Å². The Kier molecular flexibility index (Phi) is 3.38. The molecule has 0 unspecified atom stereocenters. The number of carbonyl (C=O) groups is 1. The first-order valence-electron chi connectivity index (χ1n) is 6.26. The average molecular weight is 318 g/mol. The molecule has 19 heavy (non-hydrogen) atoms. The van der Waals surface area contributed by atoms with Gasteiger partial charge < -0.3 is 0 Å². The van der Waals surface area contributed by atoms with Crippen LogP contribution in [0.4, 0.5) is 0 Å². The molecule has 2 aromatic rings. The maximum atomic E-state index is 11.9. The van der Waals surface area contributed by atoms with E-state index in [0.29, 0.717) is 23.5 Å². The van der Waals surface area contributed by atoms with Gasteiger partial charge in [-0.3, -0.25) is 9.78 Å². The van der Waals surface area contributed by atoms with Gasteiger partial charge in [0.2, 0.25) is 0 Å². The number of hydrogen-bond acceptors (Lipinski definition) is 4. The van der Waals surface area contributed by atoms with Crippen LogP contribution >= 0.6 is 15.9 Å². The van der Waals surface area contributed by atoms with Crippen molar-refractivity contribution in [3.8, 4) is 11.5 Å². The maximum Gasteiger partial charge on any atom is 0.179 e. The molecule has 0 aromatic carbocycles. The number of carbonyl (C=O) groups excluding carboxylic acids is 1. The second kappa shape index (κ2) is 5.17. The number of nitrogens with zero attached hydrogens (tertiary/aromatic N) is 3. The minimum Gasteiger partial charge on any atom is -0.294 e. The zero-order valence-corrected chi connectivity index (χ0v) is 11.9. The lowest BCUT2D eigenvalue weighted by atomic mass is 10.1. The summed E-state index contributed by atoms with van der Waals surface area (Å²) in [6.45, 7) is 0. The van der Waals surface area contributed by atoms with Crippen molar-refractivity contribution in [2.45, 2.75) is 25.7 Å². The zero-order chi connectivity index (χ0) is 13.2. The summed E-state index contributed by atoms with van der Waals surface area (Å²) in [7, 11) is 0. The lowest BCUT2D eigenvalue weighted by molar-refractivity contribution is 0.0981. The Morgan fingerprint density at radius 2 is 2.00 bits per heavy atom. The molecule has 0 fully saturated rings. The Morgan fingerprint density at radius 1 is 1.16 bits per heavy atom. The Bertz CT molecular complexity index is 642. The second-order valence-corrected chi connectivity index (χ2v) is 5.37. The third-order valence-electron chi connectivity index (χ3n) is 3.21. The van der Waals surface area contributed by atoms with E-state index in [1.165, 1.54) is 0 Å². The lowest BCUT2D eigenvalue weighted by Crippen LogP contribution is -2.05. The van der Waals surface area contributed by atoms with Crippen LogP contribution in [0.1, 0.15) is 35.3 Å². The maximum absolute atomic E-state index is 11.9. The molecule has 0 N–H and O–H groups in total. The van der Waals surface area contributed by atoms with Gasteiger partial charge in [0.25, 0.3) is 0 Å². The van der Waals surface area contributed by atoms with E-state index in [1.807, 2.05) is 12.1 Å². The summed E-state index contributed by atoms with van der Waals surface area (Å²) < 4.78 is 0.856. The minimum atomic E-state index is 0.152. The summed E-state index contributed by atoms with van der Waals surface area (Å²) in [6.07, 6.45) is 6.72. The van der Waals surface area contributed by atoms with Crippen molar-refractivity contribution in [1.82, 2.24) is 15.0 Å². The number of Topliss-reactive ketones (excluding diaryl/α,β-unsaturated/α-hetero) is 1. The molecular formula is C14H12BrN3O. The van der Waals surface area contributed by atoms with Gasteiger partial charge in [-0.15, -0.1) is 0 Å². The molecule has 0 bridgehead atoms. The molecule has 0 atom stereocenters. The van der Waals surface area contributed by atoms with E-state index in [0.717, 1.165) is 29.4 Å². The molecular weight excluding hydrogens is 306 g/mol. The third kappa shape index (κ3) is 2.42. The second-order valence-electron chi connectivity index (χ2n) is 4.52. The smallest absolute Gasteiger partial charge is 0.179 e. The number of pyridine rings is 1. The average Bonchev–Trinajstić information content (AvgIpc) is 2.61. The summed E-state index contributed by atoms with van der Waals surface area (Å²) in [6, 6.07) is 3.75. The largest absolute Gasteiger partial charge is 0.294 e. The van der Waals surface area contributed by atoms with Crippen LogP contribution in [0.3, 0.4) is 0 Å². The first-order valence-corrected chi connectivity index (χ1v) is 7.05. The van der Waals surface area contributed by atoms with Crippen LogP contribution in [0.5, 0.6) is 0 Å². The molecule has 0 spiro atoms. The van der Waals surface area contributed by atoms with Gasteiger partial charge in [0.1, 0.15) is 5.69 Å². The van der Waals surface area contributed by atoms with Gasteiger partial charge in [-0.05, 0) is 47.3 Å². The van der Waals surface area contributed by atoms with Crippen LogP contribution in [0.2, 0.25) is 0 Å². The van der Waals surface area contributed by atoms with Crippen molar-refractivity contribution in [2.24, 2.45) is 0 Å². The third-order valence-corrected chi connectivity index (χ3v) is 3.85. The Labute approximate surface area is 119 Å². The molecule has 1 aliphatic carbocycles. The molecule has 0 radical (unpaired) electrons. The van der Waals surface area contributed by atoms with Gasteiger partial charge in [0.05, 0.1) is 11.3 Å². The van der Waals surface area contributed by atoms with Crippen LogP contribution < -0.4 is 0 Å². The molecule has 2 heterocycles. The topological polar surface area (TPSA) is 55.7 Å². The zero-order valence-electron chi connectivity index (χ0n) is 10.3. The normalized spacial score (nSPS) is 14.9. The molecule has 96 valence electrons. The summed E-state index contributed by atoms with van der Waals surface area (Å²) >= 11 is 3.45. The quantitative estimate of drug-likeness (QED) is 0.758. The van der Waals surface area contributed by atoms with Gasteiger partial charge in [0.15, 0.2) is 11.6 Å². The fourth-order valence-corrected chi connectivity index (χ4v) is 2.65. The lowest BCUT2D eigenvalue weighted by Gasteiger charge is -2.06.